The zero-order chi connectivity index (χ0) is 9.10. The Bertz CT molecular complexity index is 250. The molecular weight excluding hydrogens is 184 g/mol. The fourth-order valence-electron chi connectivity index (χ4n) is 1.56. The van der Waals surface area contributed by atoms with E-state index < -0.39 is 0 Å². The Morgan fingerprint density at radius 2 is 2.69 bits per heavy atom. The van der Waals surface area contributed by atoms with Crippen molar-refractivity contribution in [3.63, 3.8) is 0 Å². The summed E-state index contributed by atoms with van der Waals surface area (Å²) in [6.07, 6.45) is 2.88. The van der Waals surface area contributed by atoms with Crippen LogP contribution in [0.1, 0.15) is 19.0 Å². The highest BCUT2D eigenvalue weighted by atomic mass is 32.2. The third-order valence-electron chi connectivity index (χ3n) is 2.41. The molecule has 2 heterocycles. The molecule has 2 rings (SSSR count). The second-order valence-electron chi connectivity index (χ2n) is 3.34. The van der Waals surface area contributed by atoms with E-state index in [1.165, 1.54) is 12.2 Å². The van der Waals surface area contributed by atoms with Crippen LogP contribution in [0.3, 0.4) is 0 Å². The van der Waals surface area contributed by atoms with E-state index in [2.05, 4.69) is 17.4 Å². The van der Waals surface area contributed by atoms with Crippen LogP contribution in [-0.4, -0.2) is 22.2 Å². The molecule has 2 atom stereocenters. The molecule has 0 radical (unpaired) electrons. The quantitative estimate of drug-likeness (QED) is 0.801. The zero-order valence-corrected chi connectivity index (χ0v) is 8.51. The number of nitrogens with one attached hydrogen (secondary N) is 1. The van der Waals surface area contributed by atoms with Gasteiger partial charge < -0.3 is 9.84 Å². The summed E-state index contributed by atoms with van der Waals surface area (Å²) >= 11 is 2.04. The molecule has 1 aromatic rings. The number of hydrogen-bond donors (Lipinski definition) is 1. The fourth-order valence-corrected chi connectivity index (χ4v) is 2.79. The van der Waals surface area contributed by atoms with E-state index in [0.29, 0.717) is 6.04 Å². The summed E-state index contributed by atoms with van der Waals surface area (Å²) < 4.78 is 4.76. The molecule has 1 fully saturated rings. The first kappa shape index (κ1) is 9.09. The Balaban J connectivity index is 1.79. The van der Waals surface area contributed by atoms with E-state index in [-0.39, 0.29) is 0 Å². The van der Waals surface area contributed by atoms with Crippen molar-refractivity contribution >= 4 is 11.8 Å². The maximum absolute atomic E-state index is 4.76. The van der Waals surface area contributed by atoms with Crippen molar-refractivity contribution in [2.45, 2.75) is 31.2 Å². The van der Waals surface area contributed by atoms with E-state index in [0.717, 1.165) is 17.5 Å². The molecule has 0 amide bonds. The smallest absolute Gasteiger partial charge is 0.124 e. The maximum atomic E-state index is 4.76. The lowest BCUT2D eigenvalue weighted by molar-refractivity contribution is 0.403. The Labute approximate surface area is 82.3 Å². The van der Waals surface area contributed by atoms with Crippen LogP contribution >= 0.6 is 11.8 Å². The highest BCUT2D eigenvalue weighted by molar-refractivity contribution is 8.00. The van der Waals surface area contributed by atoms with Gasteiger partial charge in [0.05, 0.1) is 5.69 Å². The van der Waals surface area contributed by atoms with Crippen LogP contribution in [-0.2, 0) is 6.54 Å². The van der Waals surface area contributed by atoms with Gasteiger partial charge in [-0.1, -0.05) is 12.1 Å². The number of hydrogen-bond acceptors (Lipinski definition) is 4. The Morgan fingerprint density at radius 3 is 3.31 bits per heavy atom. The largest absolute Gasteiger partial charge is 0.364 e. The molecule has 1 aliphatic rings. The second kappa shape index (κ2) is 4.15. The molecule has 0 bridgehead atoms. The molecule has 2 unspecified atom stereocenters. The van der Waals surface area contributed by atoms with Crippen LogP contribution in [0, 0.1) is 0 Å². The van der Waals surface area contributed by atoms with Crippen LogP contribution < -0.4 is 5.32 Å². The lowest BCUT2D eigenvalue weighted by Crippen LogP contribution is -2.32. The van der Waals surface area contributed by atoms with Gasteiger partial charge in [0.1, 0.15) is 6.26 Å². The first-order chi connectivity index (χ1) is 6.36. The highest BCUT2D eigenvalue weighted by Crippen LogP contribution is 2.26. The number of rotatable bonds is 3. The molecule has 0 aliphatic carbocycles. The summed E-state index contributed by atoms with van der Waals surface area (Å²) in [6, 6.07) is 2.54. The van der Waals surface area contributed by atoms with Gasteiger partial charge in [0.2, 0.25) is 0 Å². The van der Waals surface area contributed by atoms with Gasteiger partial charge in [0, 0.05) is 23.9 Å². The topological polar surface area (TPSA) is 38.1 Å². The number of nitrogens with zero attached hydrogens (tertiary/aromatic N) is 1. The summed E-state index contributed by atoms with van der Waals surface area (Å²) in [5.74, 6) is 1.28. The minimum atomic E-state index is 0.640. The van der Waals surface area contributed by atoms with E-state index in [1.807, 2.05) is 17.8 Å². The zero-order valence-electron chi connectivity index (χ0n) is 7.69. The van der Waals surface area contributed by atoms with Crippen LogP contribution in [0.15, 0.2) is 16.9 Å². The standard InChI is InChI=1S/C9H14N2OS/c1-7-9(3-5-13-7)10-6-8-2-4-12-11-8/h2,4,7,9-10H,3,5-6H2,1H3. The SMILES string of the molecule is CC1SCCC1NCc1ccon1. The summed E-state index contributed by atoms with van der Waals surface area (Å²) in [5, 5.41) is 8.08. The molecular formula is C9H14N2OS. The highest BCUT2D eigenvalue weighted by Gasteiger charge is 2.23. The molecule has 4 heteroatoms. The molecule has 0 aromatic carbocycles. The van der Waals surface area contributed by atoms with Gasteiger partial charge in [-0.2, -0.15) is 11.8 Å². The van der Waals surface area contributed by atoms with Crippen molar-refractivity contribution in [2.75, 3.05) is 5.75 Å². The Morgan fingerprint density at radius 1 is 1.77 bits per heavy atom. The van der Waals surface area contributed by atoms with Gasteiger partial charge in [0.25, 0.3) is 0 Å². The predicted molar refractivity (Wildman–Crippen MR) is 53.7 cm³/mol. The van der Waals surface area contributed by atoms with E-state index in [9.17, 15) is 0 Å². The predicted octanol–water partition coefficient (Wildman–Crippen LogP) is 1.66. The van der Waals surface area contributed by atoms with E-state index in [4.69, 9.17) is 4.52 Å². The molecule has 13 heavy (non-hydrogen) atoms. The second-order valence-corrected chi connectivity index (χ2v) is 4.83. The molecule has 3 nitrogen and oxygen atoms in total. The Hall–Kier alpha value is -0.480. The van der Waals surface area contributed by atoms with Crippen molar-refractivity contribution < 1.29 is 4.52 Å². The van der Waals surface area contributed by atoms with Gasteiger partial charge in [0.15, 0.2) is 0 Å². The average molecular weight is 198 g/mol. The third-order valence-corrected chi connectivity index (χ3v) is 3.74. The average Bonchev–Trinajstić information content (AvgIpc) is 2.72. The van der Waals surface area contributed by atoms with Gasteiger partial charge in [-0.15, -0.1) is 0 Å². The lowest BCUT2D eigenvalue weighted by atomic mass is 10.2. The maximum Gasteiger partial charge on any atom is 0.124 e. The fraction of sp³-hybridized carbons (Fsp3) is 0.667. The normalized spacial score (nSPS) is 28.1. The molecule has 72 valence electrons. The first-order valence-corrected chi connectivity index (χ1v) is 5.65. The summed E-state index contributed by atoms with van der Waals surface area (Å²) in [4.78, 5) is 0. The van der Waals surface area contributed by atoms with Gasteiger partial charge in [-0.3, -0.25) is 0 Å². The minimum absolute atomic E-state index is 0.640. The summed E-state index contributed by atoms with van der Waals surface area (Å²) in [5.41, 5.74) is 0.990. The van der Waals surface area contributed by atoms with Crippen molar-refractivity contribution in [3.8, 4) is 0 Å². The monoisotopic (exact) mass is 198 g/mol. The van der Waals surface area contributed by atoms with E-state index >= 15 is 0 Å². The molecule has 1 aromatic heterocycles. The Kier molecular flexibility index (Phi) is 2.90. The summed E-state index contributed by atoms with van der Waals surface area (Å²) in [6.45, 7) is 3.10. The van der Waals surface area contributed by atoms with Gasteiger partial charge in [-0.05, 0) is 12.2 Å². The molecule has 1 aliphatic heterocycles. The van der Waals surface area contributed by atoms with Crippen molar-refractivity contribution in [1.82, 2.24) is 10.5 Å². The van der Waals surface area contributed by atoms with Crippen molar-refractivity contribution in [1.29, 1.82) is 0 Å². The minimum Gasteiger partial charge on any atom is -0.364 e. The van der Waals surface area contributed by atoms with E-state index in [1.54, 1.807) is 6.26 Å². The molecule has 1 N–H and O–H groups in total. The van der Waals surface area contributed by atoms with Crippen LogP contribution in [0.2, 0.25) is 0 Å². The first-order valence-electron chi connectivity index (χ1n) is 4.60. The van der Waals surface area contributed by atoms with Crippen LogP contribution in [0.25, 0.3) is 0 Å². The third kappa shape index (κ3) is 2.25. The van der Waals surface area contributed by atoms with Crippen molar-refractivity contribution in [3.05, 3.63) is 18.0 Å². The van der Waals surface area contributed by atoms with Crippen LogP contribution in [0.5, 0.6) is 0 Å². The van der Waals surface area contributed by atoms with Gasteiger partial charge >= 0.3 is 0 Å². The van der Waals surface area contributed by atoms with Crippen molar-refractivity contribution in [2.24, 2.45) is 0 Å². The molecule has 0 spiro atoms. The molecule has 1 saturated heterocycles. The molecule has 0 saturated carbocycles. The van der Waals surface area contributed by atoms with Crippen LogP contribution in [0.4, 0.5) is 0 Å². The summed E-state index contributed by atoms with van der Waals surface area (Å²) in [7, 11) is 0. The number of thioether (sulfide) groups is 1. The number of aromatic nitrogens is 1. The van der Waals surface area contributed by atoms with Gasteiger partial charge in [-0.25, -0.2) is 0 Å². The lowest BCUT2D eigenvalue weighted by Gasteiger charge is -2.14.